The van der Waals surface area contributed by atoms with E-state index in [1.54, 1.807) is 14.2 Å². The zero-order chi connectivity index (χ0) is 104. The van der Waals surface area contributed by atoms with Gasteiger partial charge in [0.15, 0.2) is 0 Å². The molecule has 0 aliphatic heterocycles. The molecule has 0 bridgehead atoms. The minimum atomic E-state index is -5.08. The largest absolute Gasteiger partial charge is 1.00 e. The third-order valence-corrected chi connectivity index (χ3v) is 17.1. The predicted octanol–water partition coefficient (Wildman–Crippen LogP) is -0.161. The maximum atomic E-state index is 10.6. The summed E-state index contributed by atoms with van der Waals surface area (Å²) in [6, 6.07) is 0. The van der Waals surface area contributed by atoms with E-state index < -0.39 is 16.2 Å². The van der Waals surface area contributed by atoms with Crippen LogP contribution in [-0.4, -0.2) is 601 Å². The molecule has 0 amide bonds. The molecular formula is C93H188F3LiO47S. The van der Waals surface area contributed by atoms with Crippen molar-refractivity contribution in [1.82, 2.24) is 0 Å². The van der Waals surface area contributed by atoms with Crippen LogP contribution in [0.4, 0.5) is 13.2 Å². The number of rotatable bonds is 132. The Kier molecular flexibility index (Phi) is 149. The van der Waals surface area contributed by atoms with Crippen LogP contribution in [0.3, 0.4) is 0 Å². The van der Waals surface area contributed by atoms with Gasteiger partial charge in [0.05, 0.1) is 581 Å². The molecule has 0 saturated carbocycles. The van der Waals surface area contributed by atoms with E-state index in [1.807, 2.05) is 13.8 Å². The third-order valence-electron chi connectivity index (χ3n) is 16.7. The SMILES string of the molecule is CC.COCCOCCOCCOCCOCCOCCOCCOCCOCCOCCOCCOCCOCCOCCOCCOCCOCCOCCOCCOCCOCCOCCOCCOCCOCCOCCOCCOCCOCCOCCOCCOCCOCCOCCOCCOCCOCCOCCOCCOCCOCCOCCOCCOCCOC.O=[S-](=O)C(F)(F)F.[Li+]. The second kappa shape index (κ2) is 145. The van der Waals surface area contributed by atoms with E-state index in [9.17, 15) is 13.2 Å². The molecular weight excluding hydrogens is 1960 g/mol. The average Bonchev–Trinajstić information content (AvgIpc) is 0.952. The van der Waals surface area contributed by atoms with Gasteiger partial charge in [-0.15, -0.1) is 0 Å². The summed E-state index contributed by atoms with van der Waals surface area (Å²) in [7, 11) is -0.647. The Morgan fingerprint density at radius 2 is 0.152 bits per heavy atom. The zero-order valence-electron chi connectivity index (χ0n) is 88.5. The van der Waals surface area contributed by atoms with Gasteiger partial charge in [0.1, 0.15) is 0 Å². The number of ether oxygens (including phenoxy) is 45. The monoisotopic (exact) mass is 2150 g/mol. The molecule has 0 aromatic rings. The van der Waals surface area contributed by atoms with E-state index in [-0.39, 0.29) is 18.9 Å². The standard InChI is InChI=1S/C90H182O45.C2H6.CF3O2S.Li/c1-91-3-5-93-7-9-95-11-13-97-15-17-99-19-21-101-23-25-103-27-29-105-31-33-107-35-37-109-39-41-111-43-45-113-47-49-115-51-53-117-55-57-119-59-61-121-63-65-123-67-69-125-71-73-127-75-77-129-79-81-131-83-85-133-87-89-135-90-88-134-86-84-132-82-80-130-78-76-128-74-72-126-70-68-124-66-64-122-62-60-120-58-56-118-54-52-116-50-48-114-46-44-112-42-40-110-38-36-108-34-32-106-30-28-104-26-24-102-22-20-100-18-16-98-14-12-96-10-8-94-6-4-92-2;1-2;2-1(3,4)7(5)6;/h3-90H2,1-2H3;1-2H3;;/q;;-1;+1. The van der Waals surface area contributed by atoms with Gasteiger partial charge in [-0.3, -0.25) is 0 Å². The summed E-state index contributed by atoms with van der Waals surface area (Å²) in [6.45, 7) is 47.1. The van der Waals surface area contributed by atoms with E-state index in [2.05, 4.69) is 0 Å². The molecule has 870 valence electrons. The molecule has 0 spiro atoms. The number of halogens is 3. The second-order valence-electron chi connectivity index (χ2n) is 28.0. The van der Waals surface area contributed by atoms with Crippen molar-refractivity contribution in [2.45, 2.75) is 19.4 Å². The van der Waals surface area contributed by atoms with E-state index in [4.69, 9.17) is 222 Å². The molecule has 0 aliphatic carbocycles. The van der Waals surface area contributed by atoms with Crippen molar-refractivity contribution >= 4 is 10.7 Å². The smallest absolute Gasteiger partial charge is 0.416 e. The van der Waals surface area contributed by atoms with Crippen LogP contribution in [0.2, 0.25) is 0 Å². The van der Waals surface area contributed by atoms with Gasteiger partial charge < -0.3 is 222 Å². The molecule has 0 fully saturated rings. The van der Waals surface area contributed by atoms with Crippen LogP contribution in [0.25, 0.3) is 0 Å². The Morgan fingerprint density at radius 3 is 0.179 bits per heavy atom. The van der Waals surface area contributed by atoms with Crippen LogP contribution in [0, 0.1) is 0 Å². The Hall–Kier alpha value is -1.46. The number of alkyl halides is 3. The fourth-order valence-electron chi connectivity index (χ4n) is 9.62. The first-order chi connectivity index (χ1) is 71.4. The summed E-state index contributed by atoms with van der Waals surface area (Å²) in [5.41, 5.74) is -5.08. The van der Waals surface area contributed by atoms with Crippen molar-refractivity contribution in [3.8, 4) is 0 Å². The van der Waals surface area contributed by atoms with Crippen molar-refractivity contribution in [2.75, 3.05) is 596 Å². The van der Waals surface area contributed by atoms with Crippen molar-refractivity contribution < 1.29 is 254 Å². The van der Waals surface area contributed by atoms with E-state index in [1.165, 1.54) is 0 Å². The first-order valence-corrected chi connectivity index (χ1v) is 51.4. The zero-order valence-corrected chi connectivity index (χ0v) is 89.3. The molecule has 0 saturated heterocycles. The summed E-state index contributed by atoms with van der Waals surface area (Å²) in [6.07, 6.45) is 0. The van der Waals surface area contributed by atoms with Crippen LogP contribution >= 0.6 is 0 Å². The molecule has 0 N–H and O–H groups in total. The minimum Gasteiger partial charge on any atom is -0.416 e. The molecule has 0 aromatic heterocycles. The van der Waals surface area contributed by atoms with Crippen LogP contribution in [0.5, 0.6) is 0 Å². The normalized spacial score (nSPS) is 11.7. The Bertz CT molecular complexity index is 2010. The topological polar surface area (TPSA) is 449 Å². The Labute approximate surface area is 875 Å². The molecule has 145 heavy (non-hydrogen) atoms. The van der Waals surface area contributed by atoms with Crippen molar-refractivity contribution in [2.24, 2.45) is 0 Å². The van der Waals surface area contributed by atoms with E-state index >= 15 is 0 Å². The maximum Gasteiger partial charge on any atom is 1.00 e. The molecule has 47 nitrogen and oxygen atoms in total. The molecule has 52 heteroatoms. The fraction of sp³-hybridized carbons (Fsp3) is 1.00. The molecule has 0 aliphatic rings. The second-order valence-corrected chi connectivity index (χ2v) is 28.9. The van der Waals surface area contributed by atoms with Crippen LogP contribution in [-0.2, 0) is 232 Å². The van der Waals surface area contributed by atoms with Gasteiger partial charge in [0.2, 0.25) is 0 Å². The van der Waals surface area contributed by atoms with Gasteiger partial charge in [0, 0.05) is 24.9 Å². The summed E-state index contributed by atoms with van der Waals surface area (Å²) in [4.78, 5) is 0. The van der Waals surface area contributed by atoms with Crippen LogP contribution in [0.15, 0.2) is 0 Å². The predicted molar refractivity (Wildman–Crippen MR) is 515 cm³/mol. The summed E-state index contributed by atoms with van der Waals surface area (Å²) in [5.74, 6) is 0. The summed E-state index contributed by atoms with van der Waals surface area (Å²) in [5, 5.41) is 0. The van der Waals surface area contributed by atoms with Crippen molar-refractivity contribution in [3.63, 3.8) is 0 Å². The first kappa shape index (κ1) is 150. The van der Waals surface area contributed by atoms with Crippen molar-refractivity contribution in [3.05, 3.63) is 0 Å². The molecule has 0 atom stereocenters. The van der Waals surface area contributed by atoms with Gasteiger partial charge in [-0.05, 0) is 0 Å². The maximum absolute atomic E-state index is 10.6. The number of hydrogen-bond acceptors (Lipinski definition) is 48. The number of methoxy groups -OCH3 is 2. The van der Waals surface area contributed by atoms with Crippen LogP contribution < -0.4 is 18.9 Å². The van der Waals surface area contributed by atoms with Gasteiger partial charge >= 0.3 is 24.4 Å². The summed E-state index contributed by atoms with van der Waals surface area (Å²) < 4.78 is 297. The molecule has 0 rings (SSSR count). The third kappa shape index (κ3) is 151. The molecule has 0 radical (unpaired) electrons. The number of hydrogen-bond donors (Lipinski definition) is 0. The fourth-order valence-corrected chi connectivity index (χ4v) is 9.62. The van der Waals surface area contributed by atoms with E-state index in [0.717, 1.165) is 0 Å². The minimum absolute atomic E-state index is 0. The first-order valence-electron chi connectivity index (χ1n) is 50.3. The van der Waals surface area contributed by atoms with Crippen LogP contribution in [0.1, 0.15) is 13.8 Å². The Morgan fingerprint density at radius 1 is 0.117 bits per heavy atom. The average molecular weight is 2150 g/mol. The van der Waals surface area contributed by atoms with Gasteiger partial charge in [-0.2, -0.15) is 13.2 Å². The van der Waals surface area contributed by atoms with Gasteiger partial charge in [-0.1, -0.05) is 13.8 Å². The van der Waals surface area contributed by atoms with Gasteiger partial charge in [-0.25, -0.2) is 0 Å². The van der Waals surface area contributed by atoms with Crippen molar-refractivity contribution in [1.29, 1.82) is 0 Å². The van der Waals surface area contributed by atoms with Gasteiger partial charge in [0.25, 0.3) is 0 Å². The quantitative estimate of drug-likeness (QED) is 0.0434. The Balaban J connectivity index is -0.00000948. The molecule has 0 unspecified atom stereocenters. The summed E-state index contributed by atoms with van der Waals surface area (Å²) >= 11 is 0. The molecule has 0 aromatic carbocycles. The van der Waals surface area contributed by atoms with E-state index in [0.29, 0.717) is 581 Å². The molecule has 0 heterocycles.